The van der Waals surface area contributed by atoms with Crippen LogP contribution in [0.4, 0.5) is 4.79 Å². The zero-order valence-corrected chi connectivity index (χ0v) is 17.0. The number of ether oxygens (including phenoxy) is 1. The molecule has 3 rings (SSSR count). The molecular weight excluding hydrogens is 368 g/mol. The number of likely N-dealkylation sites (tertiary alicyclic amines) is 1. The van der Waals surface area contributed by atoms with E-state index >= 15 is 0 Å². The Balaban J connectivity index is 1.59. The van der Waals surface area contributed by atoms with Crippen LogP contribution in [-0.2, 0) is 9.53 Å². The van der Waals surface area contributed by atoms with Crippen molar-refractivity contribution >= 4 is 29.2 Å². The van der Waals surface area contributed by atoms with Crippen molar-refractivity contribution in [2.45, 2.75) is 51.8 Å². The highest BCUT2D eigenvalue weighted by Gasteiger charge is 2.45. The number of carbonyl (C=O) groups is 3. The summed E-state index contributed by atoms with van der Waals surface area (Å²) in [6.45, 7) is 9.74. The van der Waals surface area contributed by atoms with Crippen molar-refractivity contribution in [3.8, 4) is 0 Å². The maximum atomic E-state index is 12.4. The molecule has 2 unspecified atom stereocenters. The number of hydrogen-bond acceptors (Lipinski definition) is 7. The van der Waals surface area contributed by atoms with Crippen molar-refractivity contribution in [1.29, 1.82) is 0 Å². The van der Waals surface area contributed by atoms with Crippen LogP contribution in [0.2, 0.25) is 0 Å². The highest BCUT2D eigenvalue weighted by molar-refractivity contribution is 7.11. The lowest BCUT2D eigenvalue weighted by atomic mass is 10.1. The predicted molar refractivity (Wildman–Crippen MR) is 101 cm³/mol. The molecule has 27 heavy (non-hydrogen) atoms. The first-order valence-corrected chi connectivity index (χ1v) is 10.0. The number of thiazole rings is 1. The summed E-state index contributed by atoms with van der Waals surface area (Å²) in [7, 11) is 0. The van der Waals surface area contributed by atoms with E-state index in [1.807, 2.05) is 6.92 Å². The smallest absolute Gasteiger partial charge is 0.417 e. The molecule has 3 amide bonds. The summed E-state index contributed by atoms with van der Waals surface area (Å²) < 4.78 is 5.38. The molecule has 8 nitrogen and oxygen atoms in total. The van der Waals surface area contributed by atoms with Gasteiger partial charge in [0.15, 0.2) is 5.01 Å². The summed E-state index contributed by atoms with van der Waals surface area (Å²) in [6, 6.07) is -0.310. The van der Waals surface area contributed by atoms with Gasteiger partial charge >= 0.3 is 6.09 Å². The van der Waals surface area contributed by atoms with Crippen molar-refractivity contribution in [3.05, 3.63) is 16.6 Å². The molecule has 2 fully saturated rings. The summed E-state index contributed by atoms with van der Waals surface area (Å²) in [4.78, 5) is 46.5. The van der Waals surface area contributed by atoms with Crippen LogP contribution in [-0.4, -0.2) is 81.5 Å². The molecule has 9 heteroatoms. The van der Waals surface area contributed by atoms with E-state index in [4.69, 9.17) is 4.74 Å². The van der Waals surface area contributed by atoms with E-state index in [0.717, 1.165) is 0 Å². The Morgan fingerprint density at radius 3 is 2.44 bits per heavy atom. The van der Waals surface area contributed by atoms with Gasteiger partial charge in [0.05, 0.1) is 6.04 Å². The standard InChI is InChI=1S/C18H26N4O4S/c1-12-13(11-14(23)22(12)17(25)26-18(2,3)4)20-6-8-21(9-7-20)16(24)15-19-5-10-27-15/h5,10,12-13H,6-9,11H2,1-4H3. The molecule has 1 aromatic rings. The van der Waals surface area contributed by atoms with Gasteiger partial charge in [-0.2, -0.15) is 0 Å². The van der Waals surface area contributed by atoms with Crippen LogP contribution in [0.15, 0.2) is 11.6 Å². The van der Waals surface area contributed by atoms with E-state index in [1.165, 1.54) is 16.2 Å². The Labute approximate surface area is 163 Å². The minimum atomic E-state index is -0.642. The minimum Gasteiger partial charge on any atom is -0.443 e. The van der Waals surface area contributed by atoms with Gasteiger partial charge in [0.2, 0.25) is 5.91 Å². The molecule has 0 saturated carbocycles. The molecule has 0 spiro atoms. The van der Waals surface area contributed by atoms with Gasteiger partial charge in [0.25, 0.3) is 5.91 Å². The quantitative estimate of drug-likeness (QED) is 0.761. The number of rotatable bonds is 2. The third kappa shape index (κ3) is 4.30. The van der Waals surface area contributed by atoms with Crippen LogP contribution < -0.4 is 0 Å². The SMILES string of the molecule is CC1C(N2CCN(C(=O)c3nccs3)CC2)CC(=O)N1C(=O)OC(C)(C)C. The molecule has 0 radical (unpaired) electrons. The van der Waals surface area contributed by atoms with Crippen LogP contribution in [0.1, 0.15) is 43.9 Å². The van der Waals surface area contributed by atoms with Gasteiger partial charge in [-0.3, -0.25) is 14.5 Å². The summed E-state index contributed by atoms with van der Waals surface area (Å²) in [6.07, 6.45) is 1.34. The first-order valence-electron chi connectivity index (χ1n) is 9.15. The van der Waals surface area contributed by atoms with Gasteiger partial charge in [-0.25, -0.2) is 14.7 Å². The van der Waals surface area contributed by atoms with E-state index in [1.54, 1.807) is 37.2 Å². The number of hydrogen-bond donors (Lipinski definition) is 0. The Morgan fingerprint density at radius 1 is 1.22 bits per heavy atom. The van der Waals surface area contributed by atoms with Crippen molar-refractivity contribution in [3.63, 3.8) is 0 Å². The van der Waals surface area contributed by atoms with Gasteiger partial charge < -0.3 is 9.64 Å². The second-order valence-corrected chi connectivity index (χ2v) is 8.82. The number of aromatic nitrogens is 1. The lowest BCUT2D eigenvalue weighted by molar-refractivity contribution is -0.127. The number of imide groups is 1. The molecular formula is C18H26N4O4S. The second-order valence-electron chi connectivity index (χ2n) is 7.92. The van der Waals surface area contributed by atoms with Gasteiger partial charge in [-0.1, -0.05) is 0 Å². The molecule has 1 aromatic heterocycles. The van der Waals surface area contributed by atoms with E-state index in [9.17, 15) is 14.4 Å². The lowest BCUT2D eigenvalue weighted by Crippen LogP contribution is -2.55. The molecule has 3 heterocycles. The van der Waals surface area contributed by atoms with Crippen molar-refractivity contribution < 1.29 is 19.1 Å². The second kappa shape index (κ2) is 7.55. The van der Waals surface area contributed by atoms with Crippen molar-refractivity contribution in [2.75, 3.05) is 26.2 Å². The number of carbonyl (C=O) groups excluding carboxylic acids is 3. The fourth-order valence-electron chi connectivity index (χ4n) is 3.58. The van der Waals surface area contributed by atoms with Crippen molar-refractivity contribution in [2.24, 2.45) is 0 Å². The molecule has 0 bridgehead atoms. The van der Waals surface area contributed by atoms with Crippen molar-refractivity contribution in [1.82, 2.24) is 19.7 Å². The first-order chi connectivity index (χ1) is 12.7. The molecule has 0 aliphatic carbocycles. The minimum absolute atomic E-state index is 0.0458. The molecule has 2 aliphatic rings. The zero-order chi connectivity index (χ0) is 19.8. The molecule has 2 aliphatic heterocycles. The maximum Gasteiger partial charge on any atom is 0.417 e. The molecule has 2 atom stereocenters. The highest BCUT2D eigenvalue weighted by atomic mass is 32.1. The molecule has 2 saturated heterocycles. The van der Waals surface area contributed by atoms with Gasteiger partial charge in [-0.05, 0) is 27.7 Å². The predicted octanol–water partition coefficient (Wildman–Crippen LogP) is 1.83. The Hall–Kier alpha value is -2.00. The first kappa shape index (κ1) is 19.8. The van der Waals surface area contributed by atoms with Gasteiger partial charge in [0.1, 0.15) is 5.60 Å². The zero-order valence-electron chi connectivity index (χ0n) is 16.2. The summed E-state index contributed by atoms with van der Waals surface area (Å²) >= 11 is 1.34. The van der Waals surface area contributed by atoms with E-state index in [-0.39, 0.29) is 23.9 Å². The van der Waals surface area contributed by atoms with E-state index in [2.05, 4.69) is 9.88 Å². The fraction of sp³-hybridized carbons (Fsp3) is 0.667. The van der Waals surface area contributed by atoms with E-state index in [0.29, 0.717) is 37.6 Å². The molecule has 0 N–H and O–H groups in total. The Kier molecular flexibility index (Phi) is 5.53. The van der Waals surface area contributed by atoms with Crippen LogP contribution in [0, 0.1) is 0 Å². The third-order valence-electron chi connectivity index (χ3n) is 4.89. The monoisotopic (exact) mass is 394 g/mol. The Morgan fingerprint density at radius 2 is 1.89 bits per heavy atom. The number of piperazine rings is 1. The van der Waals surface area contributed by atoms with Crippen LogP contribution in [0.5, 0.6) is 0 Å². The van der Waals surface area contributed by atoms with Gasteiger partial charge in [0, 0.05) is 50.2 Å². The normalized spacial score (nSPS) is 24.4. The average Bonchev–Trinajstić information content (AvgIpc) is 3.21. The summed E-state index contributed by atoms with van der Waals surface area (Å²) in [5, 5.41) is 2.30. The average molecular weight is 394 g/mol. The number of amides is 3. The highest BCUT2D eigenvalue weighted by Crippen LogP contribution is 2.27. The Bertz CT molecular complexity index is 707. The number of nitrogens with zero attached hydrogens (tertiary/aromatic N) is 4. The topological polar surface area (TPSA) is 83.0 Å². The summed E-state index contributed by atoms with van der Waals surface area (Å²) in [5.74, 6) is -0.251. The third-order valence-corrected chi connectivity index (χ3v) is 5.65. The molecule has 0 aromatic carbocycles. The van der Waals surface area contributed by atoms with Crippen LogP contribution >= 0.6 is 11.3 Å². The summed E-state index contributed by atoms with van der Waals surface area (Å²) in [5.41, 5.74) is -0.642. The maximum absolute atomic E-state index is 12.4. The lowest BCUT2D eigenvalue weighted by Gasteiger charge is -2.39. The van der Waals surface area contributed by atoms with Crippen LogP contribution in [0.25, 0.3) is 0 Å². The van der Waals surface area contributed by atoms with Gasteiger partial charge in [-0.15, -0.1) is 11.3 Å². The fourth-order valence-corrected chi connectivity index (χ4v) is 4.18. The van der Waals surface area contributed by atoms with E-state index < -0.39 is 11.7 Å². The molecule has 148 valence electrons. The van der Waals surface area contributed by atoms with Crippen LogP contribution in [0.3, 0.4) is 0 Å². The largest absolute Gasteiger partial charge is 0.443 e.